The number of aryl methyl sites for hydroxylation is 1. The van der Waals surface area contributed by atoms with Crippen LogP contribution in [-0.4, -0.2) is 10.9 Å². The van der Waals surface area contributed by atoms with Crippen molar-refractivity contribution in [3.05, 3.63) is 80.3 Å². The van der Waals surface area contributed by atoms with Crippen molar-refractivity contribution in [1.82, 2.24) is 4.98 Å². The van der Waals surface area contributed by atoms with E-state index in [1.54, 1.807) is 24.3 Å². The molecule has 0 atom stereocenters. The van der Waals surface area contributed by atoms with Crippen LogP contribution in [-0.2, 0) is 6.42 Å². The normalized spacial score (nSPS) is 10.6. The highest BCUT2D eigenvalue weighted by Crippen LogP contribution is 2.29. The number of benzene rings is 2. The number of carbonyl (C=O) groups is 1. The lowest BCUT2D eigenvalue weighted by Gasteiger charge is -2.03. The molecule has 0 unspecified atom stereocenters. The Balaban J connectivity index is 1.78. The zero-order valence-corrected chi connectivity index (χ0v) is 15.2. The summed E-state index contributed by atoms with van der Waals surface area (Å²) in [5.74, 6) is -0.170. The van der Waals surface area contributed by atoms with Gasteiger partial charge in [-0.15, -0.1) is 11.3 Å². The predicted molar refractivity (Wildman–Crippen MR) is 101 cm³/mol. The minimum absolute atomic E-state index is 0.170. The number of nitrogens with zero attached hydrogens (tertiary/aromatic N) is 1. The molecule has 0 aliphatic rings. The molecule has 1 aromatic heterocycles. The molecular weight excluding hydrogens is 363 g/mol. The number of hydrogen-bond donors (Lipinski definition) is 1. The molecule has 0 fully saturated rings. The predicted octanol–water partition coefficient (Wildman–Crippen LogP) is 5.60. The zero-order chi connectivity index (χ0) is 17.1. The van der Waals surface area contributed by atoms with Crippen molar-refractivity contribution in [2.45, 2.75) is 13.3 Å². The van der Waals surface area contributed by atoms with Crippen LogP contribution in [0.2, 0.25) is 10.0 Å². The molecule has 1 amide bonds. The Morgan fingerprint density at radius 3 is 2.67 bits per heavy atom. The summed E-state index contributed by atoms with van der Waals surface area (Å²) in [4.78, 5) is 17.7. The van der Waals surface area contributed by atoms with Gasteiger partial charge in [0.15, 0.2) is 5.13 Å². The molecule has 0 radical (unpaired) electrons. The summed E-state index contributed by atoms with van der Waals surface area (Å²) in [7, 11) is 0. The van der Waals surface area contributed by atoms with E-state index in [9.17, 15) is 4.79 Å². The van der Waals surface area contributed by atoms with Gasteiger partial charge in [0, 0.05) is 26.9 Å². The van der Waals surface area contributed by atoms with Crippen LogP contribution in [0.1, 0.15) is 26.5 Å². The monoisotopic (exact) mass is 376 g/mol. The lowest BCUT2D eigenvalue weighted by Crippen LogP contribution is -2.11. The molecular formula is C18H14Cl2N2OS. The lowest BCUT2D eigenvalue weighted by molar-refractivity contribution is 0.102. The molecule has 122 valence electrons. The highest BCUT2D eigenvalue weighted by Gasteiger charge is 2.13. The average molecular weight is 377 g/mol. The van der Waals surface area contributed by atoms with Crippen LogP contribution in [0.4, 0.5) is 5.13 Å². The number of thiazole rings is 1. The Hall–Kier alpha value is -1.88. The maximum atomic E-state index is 12.2. The second kappa shape index (κ2) is 7.34. The van der Waals surface area contributed by atoms with Gasteiger partial charge in [-0.2, -0.15) is 0 Å². The summed E-state index contributed by atoms with van der Waals surface area (Å²) in [6.45, 7) is 1.92. The first-order chi connectivity index (χ1) is 11.5. The fourth-order valence-corrected chi connectivity index (χ4v) is 3.62. The molecule has 0 saturated carbocycles. The molecule has 0 saturated heterocycles. The molecule has 0 spiro atoms. The number of nitrogens with one attached hydrogen (secondary N) is 1. The maximum absolute atomic E-state index is 12.2. The third-order valence-corrected chi connectivity index (χ3v) is 5.18. The van der Waals surface area contributed by atoms with Crippen LogP contribution in [0.5, 0.6) is 0 Å². The Labute approximate surface area is 154 Å². The number of rotatable bonds is 4. The fourth-order valence-electron chi connectivity index (χ4n) is 2.26. The van der Waals surface area contributed by atoms with E-state index in [0.717, 1.165) is 16.1 Å². The molecule has 3 nitrogen and oxygen atoms in total. The molecule has 1 N–H and O–H groups in total. The van der Waals surface area contributed by atoms with Crippen LogP contribution < -0.4 is 5.32 Å². The molecule has 3 rings (SSSR count). The van der Waals surface area contributed by atoms with E-state index in [4.69, 9.17) is 23.2 Å². The van der Waals surface area contributed by atoms with Gasteiger partial charge in [-0.05, 0) is 42.8 Å². The van der Waals surface area contributed by atoms with Crippen molar-refractivity contribution in [2.75, 3.05) is 5.32 Å². The molecule has 24 heavy (non-hydrogen) atoms. The van der Waals surface area contributed by atoms with Gasteiger partial charge in [-0.3, -0.25) is 10.1 Å². The van der Waals surface area contributed by atoms with Gasteiger partial charge in [0.2, 0.25) is 0 Å². The molecule has 2 aromatic carbocycles. The Morgan fingerprint density at radius 2 is 1.92 bits per heavy atom. The van der Waals surface area contributed by atoms with Gasteiger partial charge in [0.05, 0.1) is 5.69 Å². The SMILES string of the molecule is Cc1nc(NC(=O)c2ccccc2)sc1Cc1cc(Cl)ccc1Cl. The second-order valence-electron chi connectivity index (χ2n) is 5.26. The quantitative estimate of drug-likeness (QED) is 0.643. The molecule has 6 heteroatoms. The summed E-state index contributed by atoms with van der Waals surface area (Å²) in [5, 5.41) is 4.73. The minimum atomic E-state index is -0.170. The van der Waals surface area contributed by atoms with Crippen LogP contribution in [0.3, 0.4) is 0 Å². The largest absolute Gasteiger partial charge is 0.298 e. The maximum Gasteiger partial charge on any atom is 0.257 e. The number of carbonyl (C=O) groups excluding carboxylic acids is 1. The van der Waals surface area contributed by atoms with E-state index in [0.29, 0.717) is 27.2 Å². The van der Waals surface area contributed by atoms with Crippen LogP contribution in [0.15, 0.2) is 48.5 Å². The van der Waals surface area contributed by atoms with E-state index in [2.05, 4.69) is 10.3 Å². The first kappa shape index (κ1) is 17.0. The van der Waals surface area contributed by atoms with E-state index >= 15 is 0 Å². The van der Waals surface area contributed by atoms with E-state index < -0.39 is 0 Å². The number of halogens is 2. The van der Waals surface area contributed by atoms with Gasteiger partial charge in [-0.25, -0.2) is 4.98 Å². The fraction of sp³-hybridized carbons (Fsp3) is 0.111. The molecule has 3 aromatic rings. The molecule has 0 aliphatic carbocycles. The number of hydrogen-bond acceptors (Lipinski definition) is 3. The van der Waals surface area contributed by atoms with Crippen molar-refractivity contribution in [3.63, 3.8) is 0 Å². The molecule has 0 bridgehead atoms. The van der Waals surface area contributed by atoms with Crippen molar-refractivity contribution in [1.29, 1.82) is 0 Å². The third kappa shape index (κ3) is 3.96. The first-order valence-electron chi connectivity index (χ1n) is 7.29. The molecule has 0 aliphatic heterocycles. The van der Waals surface area contributed by atoms with Gasteiger partial charge in [0.25, 0.3) is 5.91 Å². The zero-order valence-electron chi connectivity index (χ0n) is 12.8. The third-order valence-electron chi connectivity index (χ3n) is 3.51. The summed E-state index contributed by atoms with van der Waals surface area (Å²) in [6.07, 6.45) is 0.629. The van der Waals surface area contributed by atoms with Gasteiger partial charge >= 0.3 is 0 Å². The smallest absolute Gasteiger partial charge is 0.257 e. The highest BCUT2D eigenvalue weighted by atomic mass is 35.5. The van der Waals surface area contributed by atoms with Gasteiger partial charge < -0.3 is 0 Å². The summed E-state index contributed by atoms with van der Waals surface area (Å²) < 4.78 is 0. The number of amides is 1. The summed E-state index contributed by atoms with van der Waals surface area (Å²) in [5.41, 5.74) is 2.42. The minimum Gasteiger partial charge on any atom is -0.298 e. The van der Waals surface area contributed by atoms with Crippen molar-refractivity contribution in [2.24, 2.45) is 0 Å². The molecule has 1 heterocycles. The first-order valence-corrected chi connectivity index (χ1v) is 8.87. The van der Waals surface area contributed by atoms with Crippen molar-refractivity contribution < 1.29 is 4.79 Å². The van der Waals surface area contributed by atoms with E-state index in [1.165, 1.54) is 11.3 Å². The number of aromatic nitrogens is 1. The van der Waals surface area contributed by atoms with Gasteiger partial charge in [0.1, 0.15) is 0 Å². The topological polar surface area (TPSA) is 42.0 Å². The average Bonchev–Trinajstić information content (AvgIpc) is 2.91. The Morgan fingerprint density at radius 1 is 1.17 bits per heavy atom. The number of anilines is 1. The summed E-state index contributed by atoms with van der Waals surface area (Å²) in [6, 6.07) is 14.5. The van der Waals surface area contributed by atoms with Crippen LogP contribution in [0.25, 0.3) is 0 Å². The van der Waals surface area contributed by atoms with Crippen LogP contribution >= 0.6 is 34.5 Å². The summed E-state index contributed by atoms with van der Waals surface area (Å²) >= 11 is 13.7. The van der Waals surface area contributed by atoms with Crippen molar-refractivity contribution in [3.8, 4) is 0 Å². The van der Waals surface area contributed by atoms with Crippen molar-refractivity contribution >= 4 is 45.6 Å². The van der Waals surface area contributed by atoms with Crippen LogP contribution in [0, 0.1) is 6.92 Å². The van der Waals surface area contributed by atoms with Gasteiger partial charge in [-0.1, -0.05) is 41.4 Å². The second-order valence-corrected chi connectivity index (χ2v) is 7.19. The lowest BCUT2D eigenvalue weighted by atomic mass is 10.1. The Kier molecular flexibility index (Phi) is 5.19. The standard InChI is InChI=1S/C18H14Cl2N2OS/c1-11-16(10-13-9-14(19)7-8-15(13)20)24-18(21-11)22-17(23)12-5-3-2-4-6-12/h2-9H,10H2,1H3,(H,21,22,23). The van der Waals surface area contributed by atoms with E-state index in [1.807, 2.05) is 31.2 Å². The van der Waals surface area contributed by atoms with E-state index in [-0.39, 0.29) is 5.91 Å². The Bertz CT molecular complexity index is 878. The highest BCUT2D eigenvalue weighted by molar-refractivity contribution is 7.15.